The van der Waals surface area contributed by atoms with Crippen LogP contribution in [0.15, 0.2) is 28.5 Å². The minimum atomic E-state index is -0.989. The summed E-state index contributed by atoms with van der Waals surface area (Å²) in [5, 5.41) is 35.3. The summed E-state index contributed by atoms with van der Waals surface area (Å²) in [6.07, 6.45) is 3.51. The van der Waals surface area contributed by atoms with E-state index in [9.17, 15) is 15.3 Å². The lowest BCUT2D eigenvalue weighted by atomic mass is 9.85. The van der Waals surface area contributed by atoms with Gasteiger partial charge in [0.05, 0.1) is 43.3 Å². The van der Waals surface area contributed by atoms with Gasteiger partial charge in [-0.1, -0.05) is 12.5 Å². The SMILES string of the molecule is C/C(=C\c1ncc(-c2ccn(C)n2)o1)C[C@@H]1OC[C@H](C[C@@H]2O[C@H]2[C@@H](C)[C@H](C)O)[C@@H](O)[C@H]1O. The third kappa shape index (κ3) is 5.13. The Morgan fingerprint density at radius 2 is 2.06 bits per heavy atom. The normalized spacial score (nSPS) is 32.7. The van der Waals surface area contributed by atoms with Crippen LogP contribution in [-0.2, 0) is 16.5 Å². The first-order valence-corrected chi connectivity index (χ1v) is 11.2. The van der Waals surface area contributed by atoms with Crippen molar-refractivity contribution in [1.82, 2.24) is 14.8 Å². The number of oxazole rings is 1. The average Bonchev–Trinajstić information content (AvgIpc) is 3.11. The molecule has 32 heavy (non-hydrogen) atoms. The average molecular weight is 448 g/mol. The Balaban J connectivity index is 1.30. The van der Waals surface area contributed by atoms with Gasteiger partial charge < -0.3 is 29.2 Å². The number of aromatic nitrogens is 3. The molecule has 4 heterocycles. The molecule has 0 aromatic carbocycles. The van der Waals surface area contributed by atoms with E-state index < -0.39 is 24.4 Å². The van der Waals surface area contributed by atoms with Crippen molar-refractivity contribution in [3.8, 4) is 11.5 Å². The van der Waals surface area contributed by atoms with Crippen LogP contribution < -0.4 is 0 Å². The number of aliphatic hydroxyl groups is 3. The zero-order valence-corrected chi connectivity index (χ0v) is 19.0. The summed E-state index contributed by atoms with van der Waals surface area (Å²) in [7, 11) is 1.84. The number of nitrogens with zero attached hydrogens (tertiary/aromatic N) is 3. The first kappa shape index (κ1) is 23.1. The number of ether oxygens (including phenoxy) is 2. The van der Waals surface area contributed by atoms with E-state index in [4.69, 9.17) is 13.9 Å². The molecule has 8 atom stereocenters. The van der Waals surface area contributed by atoms with Crippen molar-refractivity contribution in [2.45, 2.75) is 70.2 Å². The molecular formula is C23H33N3O6. The molecule has 9 heteroatoms. The van der Waals surface area contributed by atoms with Gasteiger partial charge in [0.2, 0.25) is 5.89 Å². The van der Waals surface area contributed by atoms with E-state index in [0.717, 1.165) is 5.57 Å². The van der Waals surface area contributed by atoms with Gasteiger partial charge in [0.25, 0.3) is 0 Å². The van der Waals surface area contributed by atoms with E-state index in [1.54, 1.807) is 23.9 Å². The van der Waals surface area contributed by atoms with Gasteiger partial charge in [0.15, 0.2) is 5.76 Å². The fourth-order valence-electron chi connectivity index (χ4n) is 4.32. The molecule has 2 aromatic heterocycles. The van der Waals surface area contributed by atoms with Crippen molar-refractivity contribution in [2.75, 3.05) is 6.61 Å². The smallest absolute Gasteiger partial charge is 0.219 e. The Labute approximate surface area is 187 Å². The quantitative estimate of drug-likeness (QED) is 0.523. The predicted octanol–water partition coefficient (Wildman–Crippen LogP) is 1.78. The van der Waals surface area contributed by atoms with Crippen molar-refractivity contribution >= 4 is 6.08 Å². The maximum absolute atomic E-state index is 10.7. The summed E-state index contributed by atoms with van der Waals surface area (Å²) < 4.78 is 19.0. The molecule has 0 bridgehead atoms. The highest BCUT2D eigenvalue weighted by molar-refractivity contribution is 5.52. The molecule has 0 spiro atoms. The zero-order chi connectivity index (χ0) is 23.0. The predicted molar refractivity (Wildman–Crippen MR) is 116 cm³/mol. The molecule has 2 aliphatic rings. The summed E-state index contributed by atoms with van der Waals surface area (Å²) in [6.45, 7) is 5.98. The number of aliphatic hydroxyl groups excluding tert-OH is 3. The number of hydrogen-bond acceptors (Lipinski definition) is 8. The van der Waals surface area contributed by atoms with Gasteiger partial charge in [-0.05, 0) is 38.8 Å². The summed E-state index contributed by atoms with van der Waals surface area (Å²) in [4.78, 5) is 4.28. The Morgan fingerprint density at radius 1 is 1.28 bits per heavy atom. The van der Waals surface area contributed by atoms with Crippen LogP contribution >= 0.6 is 0 Å². The number of hydrogen-bond donors (Lipinski definition) is 3. The van der Waals surface area contributed by atoms with E-state index >= 15 is 0 Å². The van der Waals surface area contributed by atoms with E-state index in [0.29, 0.717) is 36.8 Å². The van der Waals surface area contributed by atoms with Crippen molar-refractivity contribution in [1.29, 1.82) is 0 Å². The largest absolute Gasteiger partial charge is 0.435 e. The number of epoxide rings is 1. The van der Waals surface area contributed by atoms with Gasteiger partial charge >= 0.3 is 0 Å². The zero-order valence-electron chi connectivity index (χ0n) is 19.0. The van der Waals surface area contributed by atoms with Gasteiger partial charge in [0.1, 0.15) is 11.8 Å². The lowest BCUT2D eigenvalue weighted by Crippen LogP contribution is -2.50. The Hall–Kier alpha value is -2.04. The van der Waals surface area contributed by atoms with Crippen molar-refractivity contribution in [2.24, 2.45) is 18.9 Å². The Bertz CT molecular complexity index is 938. The minimum Gasteiger partial charge on any atom is -0.435 e. The summed E-state index contributed by atoms with van der Waals surface area (Å²) in [5.74, 6) is 0.883. The van der Waals surface area contributed by atoms with Crippen molar-refractivity contribution < 1.29 is 29.2 Å². The second-order valence-electron chi connectivity index (χ2n) is 9.22. The van der Waals surface area contributed by atoms with Crippen LogP contribution in [0.25, 0.3) is 17.5 Å². The van der Waals surface area contributed by atoms with Crippen LogP contribution in [0, 0.1) is 11.8 Å². The molecule has 9 nitrogen and oxygen atoms in total. The Kier molecular flexibility index (Phi) is 6.83. The third-order valence-corrected chi connectivity index (χ3v) is 6.56. The third-order valence-electron chi connectivity index (χ3n) is 6.56. The van der Waals surface area contributed by atoms with Crippen LogP contribution in [0.3, 0.4) is 0 Å². The fraction of sp³-hybridized carbons (Fsp3) is 0.652. The molecule has 176 valence electrons. The maximum atomic E-state index is 10.7. The highest BCUT2D eigenvalue weighted by atomic mass is 16.6. The lowest BCUT2D eigenvalue weighted by molar-refractivity contribution is -0.165. The lowest BCUT2D eigenvalue weighted by Gasteiger charge is -2.38. The Morgan fingerprint density at radius 3 is 2.75 bits per heavy atom. The number of aryl methyl sites for hydroxylation is 1. The molecule has 2 aliphatic heterocycles. The molecule has 0 aliphatic carbocycles. The van der Waals surface area contributed by atoms with Crippen LogP contribution in [-0.4, -0.2) is 73.3 Å². The van der Waals surface area contributed by atoms with Crippen LogP contribution in [0.1, 0.15) is 39.5 Å². The summed E-state index contributed by atoms with van der Waals surface area (Å²) in [5.41, 5.74) is 1.63. The maximum Gasteiger partial charge on any atom is 0.219 e. The van der Waals surface area contributed by atoms with Crippen LogP contribution in [0.2, 0.25) is 0 Å². The molecule has 2 aromatic rings. The highest BCUT2D eigenvalue weighted by Gasteiger charge is 2.48. The molecule has 3 N–H and O–H groups in total. The number of rotatable bonds is 8. The van der Waals surface area contributed by atoms with Crippen LogP contribution in [0.5, 0.6) is 0 Å². The summed E-state index contributed by atoms with van der Waals surface area (Å²) >= 11 is 0. The first-order chi connectivity index (χ1) is 15.2. The topological polar surface area (TPSA) is 126 Å². The van der Waals surface area contributed by atoms with E-state index in [-0.39, 0.29) is 24.0 Å². The summed E-state index contributed by atoms with van der Waals surface area (Å²) in [6, 6.07) is 1.85. The van der Waals surface area contributed by atoms with Crippen molar-refractivity contribution in [3.63, 3.8) is 0 Å². The monoisotopic (exact) mass is 447 g/mol. The molecule has 0 amide bonds. The minimum absolute atomic E-state index is 0.000910. The van der Waals surface area contributed by atoms with Gasteiger partial charge in [0, 0.05) is 25.1 Å². The molecule has 0 saturated carbocycles. The van der Waals surface area contributed by atoms with E-state index in [1.807, 2.05) is 33.2 Å². The molecule has 4 rings (SSSR count). The van der Waals surface area contributed by atoms with Gasteiger partial charge in [-0.25, -0.2) is 4.98 Å². The van der Waals surface area contributed by atoms with Gasteiger partial charge in [-0.2, -0.15) is 5.10 Å². The van der Waals surface area contributed by atoms with E-state index in [2.05, 4.69) is 10.1 Å². The molecule has 0 radical (unpaired) electrons. The van der Waals surface area contributed by atoms with Crippen LogP contribution in [0.4, 0.5) is 0 Å². The van der Waals surface area contributed by atoms with Gasteiger partial charge in [-0.15, -0.1) is 0 Å². The first-order valence-electron chi connectivity index (χ1n) is 11.2. The molecular weight excluding hydrogens is 414 g/mol. The standard InChI is InChI=1S/C23H33N3O6/c1-12(8-20-24-10-19(31-20)16-5-6-26(4)25-16)7-17-22(29)21(28)15(11-30-17)9-18-23(32-18)13(2)14(3)27/h5-6,8,10,13-15,17-18,21-23,27-29H,7,9,11H2,1-4H3/b12-8+/t13-,14-,15-,17-,18-,21+,22-,23-/m0/s1. The molecule has 2 saturated heterocycles. The van der Waals surface area contributed by atoms with Crippen molar-refractivity contribution in [3.05, 3.63) is 29.9 Å². The fourth-order valence-corrected chi connectivity index (χ4v) is 4.32. The highest BCUT2D eigenvalue weighted by Crippen LogP contribution is 2.38. The van der Waals surface area contributed by atoms with Gasteiger partial charge in [-0.3, -0.25) is 4.68 Å². The second-order valence-corrected chi connectivity index (χ2v) is 9.22. The van der Waals surface area contributed by atoms with E-state index in [1.165, 1.54) is 0 Å². The molecule has 0 unspecified atom stereocenters. The molecule has 2 fully saturated rings. The second kappa shape index (κ2) is 9.44.